The van der Waals surface area contributed by atoms with Gasteiger partial charge in [-0.2, -0.15) is 4.98 Å². The van der Waals surface area contributed by atoms with Crippen LogP contribution in [0.15, 0.2) is 40.9 Å². The Morgan fingerprint density at radius 1 is 1.15 bits per heavy atom. The van der Waals surface area contributed by atoms with E-state index >= 15 is 0 Å². The van der Waals surface area contributed by atoms with Crippen LogP contribution in [0.25, 0.3) is 11.1 Å². The number of nitrogens with zero attached hydrogens (tertiary/aromatic N) is 3. The Morgan fingerprint density at radius 2 is 1.95 bits per heavy atom. The minimum absolute atomic E-state index is 0.0452. The molecular weight excluding hydrogens is 510 g/mol. The summed E-state index contributed by atoms with van der Waals surface area (Å²) in [5.74, 6) is 0.386. The molecule has 0 bridgehead atoms. The fourth-order valence-corrected chi connectivity index (χ4v) is 5.22. The lowest BCUT2D eigenvalue weighted by Crippen LogP contribution is -2.50. The number of urea groups is 1. The molecule has 1 aliphatic carbocycles. The van der Waals surface area contributed by atoms with Gasteiger partial charge in [-0.25, -0.2) is 9.59 Å². The molecule has 1 saturated carbocycles. The van der Waals surface area contributed by atoms with Gasteiger partial charge in [0.05, 0.1) is 24.5 Å². The molecule has 2 aromatic carbocycles. The summed E-state index contributed by atoms with van der Waals surface area (Å²) in [6.45, 7) is 8.94. The number of aromatic nitrogens is 2. The number of ether oxygens (including phenoxy) is 1. The number of esters is 1. The maximum absolute atomic E-state index is 13.1. The molecule has 40 heavy (non-hydrogen) atoms. The zero-order valence-corrected chi connectivity index (χ0v) is 23.5. The first-order valence-corrected chi connectivity index (χ1v) is 13.5. The average molecular weight is 546 g/mol. The van der Waals surface area contributed by atoms with Crippen molar-refractivity contribution in [2.24, 2.45) is 5.92 Å². The van der Waals surface area contributed by atoms with E-state index in [0.717, 1.165) is 27.8 Å². The normalized spacial score (nSPS) is 18.1. The lowest BCUT2D eigenvalue weighted by Gasteiger charge is -2.34. The molecule has 0 saturated heterocycles. The van der Waals surface area contributed by atoms with Crippen LogP contribution < -0.4 is 10.6 Å². The zero-order chi connectivity index (χ0) is 28.6. The zero-order valence-electron chi connectivity index (χ0n) is 23.5. The van der Waals surface area contributed by atoms with Gasteiger partial charge in [-0.1, -0.05) is 29.4 Å². The third-order valence-electron chi connectivity index (χ3n) is 7.31. The minimum Gasteiger partial charge on any atom is -0.465 e. The van der Waals surface area contributed by atoms with Gasteiger partial charge >= 0.3 is 12.0 Å². The van der Waals surface area contributed by atoms with E-state index in [9.17, 15) is 14.4 Å². The van der Waals surface area contributed by atoms with Crippen LogP contribution in [0.1, 0.15) is 71.9 Å². The number of benzene rings is 2. The van der Waals surface area contributed by atoms with Crippen LogP contribution >= 0.6 is 0 Å². The Kier molecular flexibility index (Phi) is 7.35. The summed E-state index contributed by atoms with van der Waals surface area (Å²) >= 11 is 0. The number of fused-ring (bicyclic) bond motifs is 1. The molecule has 1 aromatic heterocycles. The fourth-order valence-electron chi connectivity index (χ4n) is 5.22. The third-order valence-corrected chi connectivity index (χ3v) is 7.31. The summed E-state index contributed by atoms with van der Waals surface area (Å²) in [5, 5.41) is 9.96. The van der Waals surface area contributed by atoms with Crippen molar-refractivity contribution in [3.63, 3.8) is 0 Å². The molecular formula is C30H35N5O5. The van der Waals surface area contributed by atoms with Crippen molar-refractivity contribution < 1.29 is 23.6 Å². The van der Waals surface area contributed by atoms with Crippen LogP contribution in [-0.2, 0) is 29.0 Å². The number of hydrogen-bond donors (Lipinski definition) is 2. The summed E-state index contributed by atoms with van der Waals surface area (Å²) < 4.78 is 10.2. The lowest BCUT2D eigenvalue weighted by molar-refractivity contribution is -0.122. The largest absolute Gasteiger partial charge is 0.465 e. The van der Waals surface area contributed by atoms with Crippen molar-refractivity contribution in [3.8, 4) is 11.1 Å². The number of nitrogens with one attached hydrogen (secondary N) is 2. The number of aryl methyl sites for hydroxylation is 1. The van der Waals surface area contributed by atoms with E-state index in [2.05, 4.69) is 20.8 Å². The molecule has 10 nitrogen and oxygen atoms in total. The quantitative estimate of drug-likeness (QED) is 0.446. The Balaban J connectivity index is 1.40. The SMILES string of the molecule is COC(=O)c1cccc(-c2ccc(CNC(=O)[C@H]3C[C@@H]3c3nc(C)no3)c3c2CCN(C(=O)NC(C)(C)C)C3)c1. The monoisotopic (exact) mass is 545 g/mol. The van der Waals surface area contributed by atoms with E-state index < -0.39 is 5.97 Å². The molecule has 2 aliphatic rings. The molecule has 2 heterocycles. The first kappa shape index (κ1) is 27.4. The van der Waals surface area contributed by atoms with Crippen LogP contribution in [0.4, 0.5) is 4.79 Å². The second-order valence-electron chi connectivity index (χ2n) is 11.5. The summed E-state index contributed by atoms with van der Waals surface area (Å²) in [7, 11) is 1.37. The average Bonchev–Trinajstić information content (AvgIpc) is 3.62. The molecule has 2 atom stereocenters. The topological polar surface area (TPSA) is 127 Å². The van der Waals surface area contributed by atoms with Crippen molar-refractivity contribution in [1.82, 2.24) is 25.7 Å². The summed E-state index contributed by atoms with van der Waals surface area (Å²) in [5.41, 5.74) is 5.09. The van der Waals surface area contributed by atoms with Gasteiger partial charge in [0.2, 0.25) is 11.8 Å². The Morgan fingerprint density at radius 3 is 2.65 bits per heavy atom. The van der Waals surface area contributed by atoms with Gasteiger partial charge in [-0.3, -0.25) is 4.79 Å². The number of methoxy groups -OCH3 is 1. The molecule has 1 fully saturated rings. The van der Waals surface area contributed by atoms with Crippen molar-refractivity contribution in [3.05, 3.63) is 70.4 Å². The number of rotatable bonds is 6. The number of hydrogen-bond acceptors (Lipinski definition) is 7. The minimum atomic E-state index is -0.394. The van der Waals surface area contributed by atoms with Crippen LogP contribution in [0.3, 0.4) is 0 Å². The van der Waals surface area contributed by atoms with E-state index in [4.69, 9.17) is 9.26 Å². The Hall–Kier alpha value is -4.21. The summed E-state index contributed by atoms with van der Waals surface area (Å²) in [6.07, 6.45) is 1.33. The van der Waals surface area contributed by atoms with Crippen LogP contribution in [0.2, 0.25) is 0 Å². The second-order valence-corrected chi connectivity index (χ2v) is 11.5. The van der Waals surface area contributed by atoms with E-state index in [1.54, 1.807) is 13.0 Å². The molecule has 5 rings (SSSR count). The summed E-state index contributed by atoms with van der Waals surface area (Å²) in [6, 6.07) is 11.3. The number of amides is 3. The van der Waals surface area contributed by atoms with Gasteiger partial charge in [0.1, 0.15) is 0 Å². The molecule has 0 radical (unpaired) electrons. The van der Waals surface area contributed by atoms with Crippen LogP contribution in [-0.4, -0.2) is 52.1 Å². The number of carbonyl (C=O) groups is 3. The summed E-state index contributed by atoms with van der Waals surface area (Å²) in [4.78, 5) is 44.3. The van der Waals surface area contributed by atoms with E-state index in [1.165, 1.54) is 7.11 Å². The molecule has 2 N–H and O–H groups in total. The predicted octanol–water partition coefficient (Wildman–Crippen LogP) is 4.12. The van der Waals surface area contributed by atoms with Crippen molar-refractivity contribution in [1.29, 1.82) is 0 Å². The maximum atomic E-state index is 13.1. The van der Waals surface area contributed by atoms with Gasteiger partial charge in [-0.15, -0.1) is 0 Å². The van der Waals surface area contributed by atoms with Crippen molar-refractivity contribution >= 4 is 17.9 Å². The van der Waals surface area contributed by atoms with Crippen molar-refractivity contribution in [2.45, 2.75) is 65.1 Å². The molecule has 10 heteroatoms. The number of carbonyl (C=O) groups excluding carboxylic acids is 3. The Bertz CT molecular complexity index is 1460. The predicted molar refractivity (Wildman–Crippen MR) is 147 cm³/mol. The molecule has 210 valence electrons. The van der Waals surface area contributed by atoms with E-state index in [0.29, 0.717) is 49.8 Å². The van der Waals surface area contributed by atoms with Gasteiger partial charge in [0, 0.05) is 25.2 Å². The standard InChI is InChI=1S/C30H35N5O5/c1-17-32-27(40-34-17)24-14-23(24)26(36)31-15-20-9-10-21(18-7-6-8-19(13-18)28(37)39-5)22-11-12-35(16-25(20)22)29(38)33-30(2,3)4/h6-10,13,23-24H,11-12,14-16H2,1-5H3,(H,31,36)(H,33,38)/t23-,24-/m0/s1. The molecule has 3 amide bonds. The van der Waals surface area contributed by atoms with Gasteiger partial charge in [0.25, 0.3) is 0 Å². The smallest absolute Gasteiger partial charge is 0.337 e. The van der Waals surface area contributed by atoms with E-state index in [-0.39, 0.29) is 29.3 Å². The van der Waals surface area contributed by atoms with E-state index in [1.807, 2.05) is 56.0 Å². The third kappa shape index (κ3) is 5.85. The molecule has 0 unspecified atom stereocenters. The fraction of sp³-hybridized carbons (Fsp3) is 0.433. The highest BCUT2D eigenvalue weighted by molar-refractivity contribution is 5.91. The molecule has 1 aliphatic heterocycles. The highest BCUT2D eigenvalue weighted by Gasteiger charge is 2.47. The molecule has 3 aromatic rings. The van der Waals surface area contributed by atoms with Crippen molar-refractivity contribution in [2.75, 3.05) is 13.7 Å². The van der Waals surface area contributed by atoms with Crippen LogP contribution in [0.5, 0.6) is 0 Å². The Labute approximate surface area is 233 Å². The maximum Gasteiger partial charge on any atom is 0.337 e. The van der Waals surface area contributed by atoms with Gasteiger partial charge < -0.3 is 24.8 Å². The van der Waals surface area contributed by atoms with Gasteiger partial charge in [0.15, 0.2) is 5.82 Å². The van der Waals surface area contributed by atoms with Gasteiger partial charge in [-0.05, 0) is 80.5 Å². The highest BCUT2D eigenvalue weighted by atomic mass is 16.5. The molecule has 0 spiro atoms. The lowest BCUT2D eigenvalue weighted by atomic mass is 9.87. The second kappa shape index (κ2) is 10.7. The highest BCUT2D eigenvalue weighted by Crippen LogP contribution is 2.46. The first-order chi connectivity index (χ1) is 19.0. The van der Waals surface area contributed by atoms with Crippen LogP contribution in [0, 0.1) is 12.8 Å². The first-order valence-electron chi connectivity index (χ1n) is 13.5.